The van der Waals surface area contributed by atoms with Gasteiger partial charge in [0.15, 0.2) is 6.04 Å². The summed E-state index contributed by atoms with van der Waals surface area (Å²) in [6.07, 6.45) is 0. The first kappa shape index (κ1) is 10.6. The highest BCUT2D eigenvalue weighted by Crippen LogP contribution is 2.23. The number of carbonyl (C=O) groups excluding carboxylic acids is 2. The molecule has 84 valence electrons. The third kappa shape index (κ3) is 1.64. The lowest BCUT2D eigenvalue weighted by atomic mass is 9.98. The third-order valence-corrected chi connectivity index (χ3v) is 2.38. The highest BCUT2D eigenvalue weighted by molar-refractivity contribution is 6.04. The van der Waals surface area contributed by atoms with Crippen molar-refractivity contribution in [3.8, 4) is 0 Å². The standard InChI is InChI=1S/C10H10N2O4/c13-8-7(11-9(14)12-8)10(15,16)6-4-2-1-3-5-6/h1-5,7,15-16H,(H2,11,12,13,14). The average molecular weight is 222 g/mol. The maximum Gasteiger partial charge on any atom is 0.322 e. The molecular weight excluding hydrogens is 212 g/mol. The van der Waals surface area contributed by atoms with Crippen molar-refractivity contribution >= 4 is 11.9 Å². The van der Waals surface area contributed by atoms with E-state index in [-0.39, 0.29) is 5.56 Å². The highest BCUT2D eigenvalue weighted by atomic mass is 16.5. The van der Waals surface area contributed by atoms with Gasteiger partial charge in [0.05, 0.1) is 0 Å². The summed E-state index contributed by atoms with van der Waals surface area (Å²) >= 11 is 0. The second-order valence-corrected chi connectivity index (χ2v) is 3.49. The molecule has 4 N–H and O–H groups in total. The van der Waals surface area contributed by atoms with E-state index in [4.69, 9.17) is 0 Å². The zero-order chi connectivity index (χ0) is 11.8. The molecule has 1 unspecified atom stereocenters. The van der Waals surface area contributed by atoms with E-state index in [0.29, 0.717) is 0 Å². The molecule has 1 heterocycles. The Bertz CT molecular complexity index is 430. The number of rotatable bonds is 2. The fraction of sp³-hybridized carbons (Fsp3) is 0.200. The molecule has 3 amide bonds. The molecule has 1 aromatic rings. The van der Waals surface area contributed by atoms with Crippen LogP contribution in [0.4, 0.5) is 4.79 Å². The number of amides is 3. The Labute approximate surface area is 90.9 Å². The Morgan fingerprint density at radius 2 is 1.75 bits per heavy atom. The summed E-state index contributed by atoms with van der Waals surface area (Å²) in [5.74, 6) is -3.18. The van der Waals surface area contributed by atoms with Crippen LogP contribution in [-0.2, 0) is 10.6 Å². The number of carbonyl (C=O) groups is 2. The van der Waals surface area contributed by atoms with Crippen molar-refractivity contribution in [1.82, 2.24) is 10.6 Å². The lowest BCUT2D eigenvalue weighted by Gasteiger charge is -2.26. The lowest BCUT2D eigenvalue weighted by molar-refractivity contribution is -0.190. The van der Waals surface area contributed by atoms with Gasteiger partial charge in [-0.3, -0.25) is 10.1 Å². The molecule has 1 atom stereocenters. The number of urea groups is 1. The van der Waals surface area contributed by atoms with E-state index in [9.17, 15) is 19.8 Å². The maximum absolute atomic E-state index is 11.3. The van der Waals surface area contributed by atoms with Crippen molar-refractivity contribution in [3.63, 3.8) is 0 Å². The first-order valence-corrected chi connectivity index (χ1v) is 4.63. The molecule has 6 heteroatoms. The summed E-state index contributed by atoms with van der Waals surface area (Å²) in [6, 6.07) is 5.68. The van der Waals surface area contributed by atoms with Crippen LogP contribution < -0.4 is 10.6 Å². The van der Waals surface area contributed by atoms with Crippen molar-refractivity contribution in [2.75, 3.05) is 0 Å². The van der Waals surface area contributed by atoms with Crippen molar-refractivity contribution in [3.05, 3.63) is 35.9 Å². The van der Waals surface area contributed by atoms with Gasteiger partial charge in [-0.05, 0) is 0 Å². The van der Waals surface area contributed by atoms with Gasteiger partial charge in [0.25, 0.3) is 5.91 Å². The van der Waals surface area contributed by atoms with E-state index < -0.39 is 23.8 Å². The molecule has 1 aliphatic rings. The summed E-state index contributed by atoms with van der Waals surface area (Å²) < 4.78 is 0. The quantitative estimate of drug-likeness (QED) is 0.382. The lowest BCUT2D eigenvalue weighted by Crippen LogP contribution is -2.49. The van der Waals surface area contributed by atoms with Crippen LogP contribution in [0.5, 0.6) is 0 Å². The minimum atomic E-state index is -2.42. The predicted octanol–water partition coefficient (Wildman–Crippen LogP) is -0.968. The number of aliphatic hydroxyl groups is 2. The van der Waals surface area contributed by atoms with Crippen LogP contribution in [0.1, 0.15) is 5.56 Å². The first-order valence-electron chi connectivity index (χ1n) is 4.63. The van der Waals surface area contributed by atoms with Gasteiger partial charge >= 0.3 is 6.03 Å². The SMILES string of the molecule is O=C1NC(=O)C(C(O)(O)c2ccccc2)N1. The van der Waals surface area contributed by atoms with E-state index in [1.54, 1.807) is 18.2 Å². The first-order chi connectivity index (χ1) is 7.51. The smallest absolute Gasteiger partial charge is 0.322 e. The number of benzene rings is 1. The summed E-state index contributed by atoms with van der Waals surface area (Å²) in [7, 11) is 0. The van der Waals surface area contributed by atoms with Crippen molar-refractivity contribution in [2.45, 2.75) is 11.8 Å². The second kappa shape index (κ2) is 3.58. The highest BCUT2D eigenvalue weighted by Gasteiger charge is 2.46. The fourth-order valence-corrected chi connectivity index (χ4v) is 1.55. The Hall–Kier alpha value is -1.92. The monoisotopic (exact) mass is 222 g/mol. The topological polar surface area (TPSA) is 98.7 Å². The van der Waals surface area contributed by atoms with Gasteiger partial charge in [0.2, 0.25) is 5.79 Å². The van der Waals surface area contributed by atoms with Gasteiger partial charge in [-0.15, -0.1) is 0 Å². The van der Waals surface area contributed by atoms with Gasteiger partial charge in [0, 0.05) is 5.56 Å². The predicted molar refractivity (Wildman–Crippen MR) is 53.0 cm³/mol. The molecular formula is C10H10N2O4. The van der Waals surface area contributed by atoms with Crippen LogP contribution in [0.25, 0.3) is 0 Å². The van der Waals surface area contributed by atoms with Gasteiger partial charge < -0.3 is 15.5 Å². The second-order valence-electron chi connectivity index (χ2n) is 3.49. The Kier molecular flexibility index (Phi) is 2.37. The van der Waals surface area contributed by atoms with Crippen molar-refractivity contribution < 1.29 is 19.8 Å². The number of hydrogen-bond acceptors (Lipinski definition) is 4. The Balaban J connectivity index is 2.32. The summed E-state index contributed by atoms with van der Waals surface area (Å²) in [5.41, 5.74) is 0.136. The molecule has 0 saturated carbocycles. The van der Waals surface area contributed by atoms with E-state index in [1.165, 1.54) is 12.1 Å². The van der Waals surface area contributed by atoms with E-state index in [2.05, 4.69) is 5.32 Å². The number of hydrogen-bond donors (Lipinski definition) is 4. The van der Waals surface area contributed by atoms with Gasteiger partial charge in [-0.25, -0.2) is 4.79 Å². The molecule has 0 radical (unpaired) electrons. The van der Waals surface area contributed by atoms with Gasteiger partial charge in [0.1, 0.15) is 0 Å². The zero-order valence-corrected chi connectivity index (χ0v) is 8.18. The van der Waals surface area contributed by atoms with Gasteiger partial charge in [-0.1, -0.05) is 30.3 Å². The van der Waals surface area contributed by atoms with Crippen molar-refractivity contribution in [2.24, 2.45) is 0 Å². The maximum atomic E-state index is 11.3. The van der Waals surface area contributed by atoms with Crippen molar-refractivity contribution in [1.29, 1.82) is 0 Å². The van der Waals surface area contributed by atoms with E-state index in [0.717, 1.165) is 0 Å². The normalized spacial score (nSPS) is 20.5. The molecule has 1 aromatic carbocycles. The number of nitrogens with one attached hydrogen (secondary N) is 2. The molecule has 1 aliphatic heterocycles. The summed E-state index contributed by atoms with van der Waals surface area (Å²) in [4.78, 5) is 22.2. The molecule has 0 aliphatic carbocycles. The van der Waals surface area contributed by atoms with E-state index in [1.807, 2.05) is 5.32 Å². The average Bonchev–Trinajstić information content (AvgIpc) is 2.60. The molecule has 1 saturated heterocycles. The van der Waals surface area contributed by atoms with Crippen LogP contribution >= 0.6 is 0 Å². The van der Waals surface area contributed by atoms with Crippen LogP contribution in [0.2, 0.25) is 0 Å². The zero-order valence-electron chi connectivity index (χ0n) is 8.18. The Morgan fingerprint density at radius 1 is 1.12 bits per heavy atom. The Morgan fingerprint density at radius 3 is 2.25 bits per heavy atom. The van der Waals surface area contributed by atoms with Crippen LogP contribution in [0.15, 0.2) is 30.3 Å². The number of imide groups is 1. The minimum absolute atomic E-state index is 0.136. The largest absolute Gasteiger partial charge is 0.360 e. The third-order valence-electron chi connectivity index (χ3n) is 2.38. The molecule has 2 rings (SSSR count). The fourth-order valence-electron chi connectivity index (χ4n) is 1.55. The molecule has 16 heavy (non-hydrogen) atoms. The molecule has 0 spiro atoms. The molecule has 6 nitrogen and oxygen atoms in total. The molecule has 1 fully saturated rings. The van der Waals surface area contributed by atoms with Crippen LogP contribution in [-0.4, -0.2) is 28.2 Å². The molecule has 0 aromatic heterocycles. The van der Waals surface area contributed by atoms with E-state index >= 15 is 0 Å². The van der Waals surface area contributed by atoms with Crippen LogP contribution in [0.3, 0.4) is 0 Å². The summed E-state index contributed by atoms with van der Waals surface area (Å²) in [6.45, 7) is 0. The summed E-state index contributed by atoms with van der Waals surface area (Å²) in [5, 5.41) is 23.8. The van der Waals surface area contributed by atoms with Crippen LogP contribution in [0, 0.1) is 0 Å². The minimum Gasteiger partial charge on any atom is -0.360 e. The molecule has 0 bridgehead atoms. The van der Waals surface area contributed by atoms with Gasteiger partial charge in [-0.2, -0.15) is 0 Å².